The van der Waals surface area contributed by atoms with Gasteiger partial charge in [0, 0.05) is 19.1 Å². The Kier molecular flexibility index (Phi) is 6.03. The molecule has 1 aromatic rings. The van der Waals surface area contributed by atoms with Gasteiger partial charge in [-0.3, -0.25) is 9.79 Å². The van der Waals surface area contributed by atoms with Crippen molar-refractivity contribution in [1.82, 2.24) is 16.0 Å². The number of carbonyl (C=O) groups is 1. The summed E-state index contributed by atoms with van der Waals surface area (Å²) in [6.45, 7) is 3.34. The predicted molar refractivity (Wildman–Crippen MR) is 87.2 cm³/mol. The van der Waals surface area contributed by atoms with Crippen LogP contribution in [0, 0.1) is 0 Å². The minimum atomic E-state index is -2.93. The van der Waals surface area contributed by atoms with Gasteiger partial charge in [0.05, 0.1) is 24.3 Å². The molecule has 1 fully saturated rings. The molecule has 0 saturated carbocycles. The van der Waals surface area contributed by atoms with Gasteiger partial charge in [0.25, 0.3) is 5.91 Å². The smallest absolute Gasteiger partial charge is 0.287 e. The van der Waals surface area contributed by atoms with Gasteiger partial charge in [0.2, 0.25) is 0 Å². The fourth-order valence-corrected chi connectivity index (χ4v) is 3.93. The van der Waals surface area contributed by atoms with Crippen LogP contribution in [0.2, 0.25) is 0 Å². The van der Waals surface area contributed by atoms with Gasteiger partial charge in [-0.2, -0.15) is 0 Å². The van der Waals surface area contributed by atoms with E-state index < -0.39 is 9.84 Å². The Balaban J connectivity index is 1.78. The van der Waals surface area contributed by atoms with Gasteiger partial charge >= 0.3 is 0 Å². The molecule has 0 aliphatic carbocycles. The molecule has 1 saturated heterocycles. The van der Waals surface area contributed by atoms with Gasteiger partial charge in [0.1, 0.15) is 0 Å². The summed E-state index contributed by atoms with van der Waals surface area (Å²) in [6, 6.07) is 3.12. The largest absolute Gasteiger partial charge is 0.459 e. The van der Waals surface area contributed by atoms with Crippen molar-refractivity contribution in [3.8, 4) is 0 Å². The molecule has 2 heterocycles. The summed E-state index contributed by atoms with van der Waals surface area (Å²) >= 11 is 0. The lowest BCUT2D eigenvalue weighted by atomic mass is 10.3. The van der Waals surface area contributed by atoms with Gasteiger partial charge in [-0.25, -0.2) is 8.42 Å². The number of carbonyl (C=O) groups excluding carboxylic acids is 1. The topological polar surface area (TPSA) is 113 Å². The van der Waals surface area contributed by atoms with Crippen LogP contribution in [-0.2, 0) is 9.84 Å². The maximum atomic E-state index is 11.7. The van der Waals surface area contributed by atoms with E-state index in [-0.39, 0.29) is 29.2 Å². The zero-order valence-electron chi connectivity index (χ0n) is 13.0. The monoisotopic (exact) mass is 342 g/mol. The van der Waals surface area contributed by atoms with Gasteiger partial charge < -0.3 is 20.4 Å². The Hall–Kier alpha value is -2.03. The molecule has 2 rings (SSSR count). The average molecular weight is 342 g/mol. The molecular weight excluding hydrogens is 320 g/mol. The molecule has 23 heavy (non-hydrogen) atoms. The van der Waals surface area contributed by atoms with E-state index >= 15 is 0 Å². The molecule has 1 amide bonds. The number of furan rings is 1. The molecule has 128 valence electrons. The zero-order valence-corrected chi connectivity index (χ0v) is 13.9. The summed E-state index contributed by atoms with van der Waals surface area (Å²) in [6.07, 6.45) is 2.03. The van der Waals surface area contributed by atoms with Crippen LogP contribution in [0.5, 0.6) is 0 Å². The molecule has 3 N–H and O–H groups in total. The van der Waals surface area contributed by atoms with Crippen molar-refractivity contribution in [3.05, 3.63) is 24.2 Å². The van der Waals surface area contributed by atoms with Gasteiger partial charge in [-0.1, -0.05) is 0 Å². The highest BCUT2D eigenvalue weighted by Crippen LogP contribution is 2.10. The number of amides is 1. The third-order valence-electron chi connectivity index (χ3n) is 3.33. The molecule has 9 heteroatoms. The normalized spacial score (nSPS) is 20.2. The summed E-state index contributed by atoms with van der Waals surface area (Å²) in [7, 11) is -2.93. The van der Waals surface area contributed by atoms with E-state index in [1.807, 2.05) is 6.92 Å². The Morgan fingerprint density at radius 2 is 2.26 bits per heavy atom. The molecule has 0 aromatic carbocycles. The highest BCUT2D eigenvalue weighted by Gasteiger charge is 2.28. The van der Waals surface area contributed by atoms with Gasteiger partial charge in [0.15, 0.2) is 21.6 Å². The van der Waals surface area contributed by atoms with Crippen LogP contribution in [0.3, 0.4) is 0 Å². The summed E-state index contributed by atoms with van der Waals surface area (Å²) in [5.74, 6) is 0.873. The first-order valence-electron chi connectivity index (χ1n) is 7.57. The first-order valence-corrected chi connectivity index (χ1v) is 9.39. The van der Waals surface area contributed by atoms with Crippen LogP contribution < -0.4 is 16.0 Å². The third kappa shape index (κ3) is 5.59. The Morgan fingerprint density at radius 1 is 1.43 bits per heavy atom. The number of hydrogen-bond donors (Lipinski definition) is 3. The van der Waals surface area contributed by atoms with Crippen molar-refractivity contribution in [3.63, 3.8) is 0 Å². The third-order valence-corrected chi connectivity index (χ3v) is 5.10. The van der Waals surface area contributed by atoms with Crippen LogP contribution >= 0.6 is 0 Å². The SMILES string of the molecule is CCNC(=NCCNC(=O)c1ccco1)NC1CCS(=O)(=O)C1. The quantitative estimate of drug-likeness (QED) is 0.373. The number of nitrogens with one attached hydrogen (secondary N) is 3. The number of nitrogens with zero attached hydrogens (tertiary/aromatic N) is 1. The fourth-order valence-electron chi connectivity index (χ4n) is 2.25. The van der Waals surface area contributed by atoms with E-state index in [9.17, 15) is 13.2 Å². The van der Waals surface area contributed by atoms with Crippen LogP contribution in [0.1, 0.15) is 23.9 Å². The molecule has 0 bridgehead atoms. The van der Waals surface area contributed by atoms with Crippen molar-refractivity contribution in [2.24, 2.45) is 4.99 Å². The molecule has 1 aliphatic heterocycles. The second-order valence-corrected chi connectivity index (χ2v) is 7.47. The van der Waals surface area contributed by atoms with Crippen molar-refractivity contribution in [2.45, 2.75) is 19.4 Å². The Bertz CT molecular complexity index is 640. The molecule has 1 aromatic heterocycles. The average Bonchev–Trinajstić information content (AvgIpc) is 3.13. The van der Waals surface area contributed by atoms with Crippen molar-refractivity contribution < 1.29 is 17.6 Å². The number of sulfone groups is 1. The van der Waals surface area contributed by atoms with Crippen LogP contribution in [-0.4, -0.2) is 57.5 Å². The second kappa shape index (κ2) is 8.00. The standard InChI is InChI=1S/C14H22N4O4S/c1-2-15-14(18-11-5-9-23(20,21)10-11)17-7-6-16-13(19)12-4-3-8-22-12/h3-4,8,11H,2,5-7,9-10H2,1H3,(H,16,19)(H2,15,17,18). The molecule has 1 atom stereocenters. The first kappa shape index (κ1) is 17.3. The van der Waals surface area contributed by atoms with E-state index in [2.05, 4.69) is 20.9 Å². The lowest BCUT2D eigenvalue weighted by Crippen LogP contribution is -2.44. The molecule has 1 aliphatic rings. The zero-order chi connectivity index (χ0) is 16.7. The number of aliphatic imine (C=N–C) groups is 1. The van der Waals surface area contributed by atoms with E-state index in [0.29, 0.717) is 32.0 Å². The molecule has 8 nitrogen and oxygen atoms in total. The van der Waals surface area contributed by atoms with E-state index in [4.69, 9.17) is 4.42 Å². The lowest BCUT2D eigenvalue weighted by Gasteiger charge is -2.15. The van der Waals surface area contributed by atoms with Crippen molar-refractivity contribution >= 4 is 21.7 Å². The maximum Gasteiger partial charge on any atom is 0.287 e. The van der Waals surface area contributed by atoms with Gasteiger partial charge in [-0.05, 0) is 25.5 Å². The molecular formula is C14H22N4O4S. The highest BCUT2D eigenvalue weighted by molar-refractivity contribution is 7.91. The summed E-state index contributed by atoms with van der Waals surface area (Å²) < 4.78 is 27.9. The van der Waals surface area contributed by atoms with E-state index in [0.717, 1.165) is 0 Å². The van der Waals surface area contributed by atoms with Gasteiger partial charge in [-0.15, -0.1) is 0 Å². The Morgan fingerprint density at radius 3 is 2.87 bits per heavy atom. The predicted octanol–water partition coefficient (Wildman–Crippen LogP) is -0.248. The molecule has 0 spiro atoms. The van der Waals surface area contributed by atoms with Crippen LogP contribution in [0.25, 0.3) is 0 Å². The highest BCUT2D eigenvalue weighted by atomic mass is 32.2. The molecule has 1 unspecified atom stereocenters. The summed E-state index contributed by atoms with van der Waals surface area (Å²) in [5.41, 5.74) is 0. The first-order chi connectivity index (χ1) is 11.0. The number of hydrogen-bond acceptors (Lipinski definition) is 5. The van der Waals surface area contributed by atoms with Crippen LogP contribution in [0.15, 0.2) is 27.8 Å². The van der Waals surface area contributed by atoms with E-state index in [1.165, 1.54) is 6.26 Å². The van der Waals surface area contributed by atoms with Crippen LogP contribution in [0.4, 0.5) is 0 Å². The summed E-state index contributed by atoms with van der Waals surface area (Å²) in [4.78, 5) is 16.0. The lowest BCUT2D eigenvalue weighted by molar-refractivity contribution is 0.0927. The number of guanidine groups is 1. The Labute approximate surface area is 135 Å². The second-order valence-electron chi connectivity index (χ2n) is 5.24. The van der Waals surface area contributed by atoms with E-state index in [1.54, 1.807) is 12.1 Å². The minimum Gasteiger partial charge on any atom is -0.459 e. The molecule has 0 radical (unpaired) electrons. The fraction of sp³-hybridized carbons (Fsp3) is 0.571. The minimum absolute atomic E-state index is 0.115. The maximum absolute atomic E-state index is 11.7. The van der Waals surface area contributed by atoms with Crippen molar-refractivity contribution in [2.75, 3.05) is 31.1 Å². The van der Waals surface area contributed by atoms with Crippen molar-refractivity contribution in [1.29, 1.82) is 0 Å². The summed E-state index contributed by atoms with van der Waals surface area (Å²) in [5, 5.41) is 8.88. The number of rotatable bonds is 6.